The Balaban J connectivity index is 1.97. The predicted octanol–water partition coefficient (Wildman–Crippen LogP) is 3.23. The van der Waals surface area contributed by atoms with E-state index in [1.807, 2.05) is 0 Å². The average molecular weight is 168 g/mol. The maximum Gasteiger partial charge on any atom is 0.0241 e. The highest BCUT2D eigenvalue weighted by atomic mass is 14.3. The quantitative estimate of drug-likeness (QED) is 0.521. The number of allylic oxidation sites excluding steroid dienone is 8. The van der Waals surface area contributed by atoms with Gasteiger partial charge in [-0.15, -0.1) is 0 Å². The second kappa shape index (κ2) is 2.73. The normalized spacial score (nSPS) is 30.2. The highest BCUT2D eigenvalue weighted by molar-refractivity contribution is 5.48. The fourth-order valence-corrected chi connectivity index (χ4v) is 2.28. The van der Waals surface area contributed by atoms with E-state index in [-0.39, 0.29) is 0 Å². The fraction of sp³-hybridized carbons (Fsp3) is 0.308. The van der Waals surface area contributed by atoms with Crippen LogP contribution in [0.3, 0.4) is 0 Å². The molecule has 0 aromatic carbocycles. The van der Waals surface area contributed by atoms with Gasteiger partial charge in [0.15, 0.2) is 0 Å². The van der Waals surface area contributed by atoms with Crippen LogP contribution in [0.25, 0.3) is 0 Å². The van der Waals surface area contributed by atoms with Crippen molar-refractivity contribution in [1.82, 2.24) is 0 Å². The molecule has 13 heavy (non-hydrogen) atoms. The lowest BCUT2D eigenvalue weighted by atomic mass is 9.78. The number of rotatable bonds is 0. The van der Waals surface area contributed by atoms with Gasteiger partial charge >= 0.3 is 0 Å². The molecule has 0 saturated heterocycles. The van der Waals surface area contributed by atoms with E-state index in [0.717, 1.165) is 6.42 Å². The van der Waals surface area contributed by atoms with Gasteiger partial charge in [-0.05, 0) is 24.8 Å². The second-order valence-corrected chi connectivity index (χ2v) is 3.87. The van der Waals surface area contributed by atoms with E-state index in [1.165, 1.54) is 29.6 Å². The summed E-state index contributed by atoms with van der Waals surface area (Å²) in [6, 6.07) is 0. The van der Waals surface area contributed by atoms with Gasteiger partial charge < -0.3 is 0 Å². The van der Waals surface area contributed by atoms with Crippen LogP contribution in [-0.2, 0) is 0 Å². The van der Waals surface area contributed by atoms with Gasteiger partial charge in [0.2, 0.25) is 0 Å². The van der Waals surface area contributed by atoms with Gasteiger partial charge in [-0.1, -0.05) is 41.5 Å². The molecule has 1 atom stereocenters. The SMILES string of the molecule is [C]1C2=C(C=CCC2)CC2=CC=CC12. The smallest absolute Gasteiger partial charge is 0.0241 e. The van der Waals surface area contributed by atoms with Gasteiger partial charge in [0.1, 0.15) is 0 Å². The van der Waals surface area contributed by atoms with E-state index < -0.39 is 0 Å². The minimum Gasteiger partial charge on any atom is -0.0839 e. The molecular formula is C13H12. The first-order valence-electron chi connectivity index (χ1n) is 4.96. The molecule has 64 valence electrons. The largest absolute Gasteiger partial charge is 0.0839 e. The molecular weight excluding hydrogens is 156 g/mol. The summed E-state index contributed by atoms with van der Waals surface area (Å²) in [5.41, 5.74) is 4.49. The van der Waals surface area contributed by atoms with Crippen molar-refractivity contribution < 1.29 is 0 Å². The van der Waals surface area contributed by atoms with E-state index in [1.54, 1.807) is 0 Å². The Labute approximate surface area is 79.3 Å². The maximum absolute atomic E-state index is 3.59. The summed E-state index contributed by atoms with van der Waals surface area (Å²) in [5, 5.41) is 0. The van der Waals surface area contributed by atoms with Crippen molar-refractivity contribution >= 4 is 0 Å². The number of fused-ring (bicyclic) bond motifs is 1. The third-order valence-corrected chi connectivity index (χ3v) is 3.01. The summed E-state index contributed by atoms with van der Waals surface area (Å²) in [6.45, 7) is 0. The molecule has 1 unspecified atom stereocenters. The topological polar surface area (TPSA) is 0 Å². The molecule has 0 nitrogen and oxygen atoms in total. The number of hydrogen-bond donors (Lipinski definition) is 0. The first-order valence-corrected chi connectivity index (χ1v) is 4.96. The highest BCUT2D eigenvalue weighted by Crippen LogP contribution is 2.40. The monoisotopic (exact) mass is 168 g/mol. The molecule has 0 aliphatic heterocycles. The Morgan fingerprint density at radius 3 is 3.38 bits per heavy atom. The zero-order chi connectivity index (χ0) is 8.67. The molecule has 3 aliphatic rings. The minimum absolute atomic E-state index is 0.505. The van der Waals surface area contributed by atoms with Gasteiger partial charge in [0.05, 0.1) is 0 Å². The third kappa shape index (κ3) is 1.13. The van der Waals surface area contributed by atoms with Crippen LogP contribution < -0.4 is 0 Å². The molecule has 0 saturated carbocycles. The Morgan fingerprint density at radius 1 is 1.38 bits per heavy atom. The van der Waals surface area contributed by atoms with Crippen molar-refractivity contribution in [3.8, 4) is 0 Å². The van der Waals surface area contributed by atoms with Crippen molar-refractivity contribution in [3.63, 3.8) is 0 Å². The maximum atomic E-state index is 3.59. The van der Waals surface area contributed by atoms with Crippen LogP contribution in [0.15, 0.2) is 47.1 Å². The summed E-state index contributed by atoms with van der Waals surface area (Å²) >= 11 is 0. The molecule has 0 heteroatoms. The van der Waals surface area contributed by atoms with Crippen molar-refractivity contribution in [2.75, 3.05) is 0 Å². The van der Waals surface area contributed by atoms with Gasteiger partial charge in [0, 0.05) is 12.3 Å². The third-order valence-electron chi connectivity index (χ3n) is 3.01. The van der Waals surface area contributed by atoms with Gasteiger partial charge in [-0.2, -0.15) is 0 Å². The standard InChI is InChI=1S/C13H12/c1-2-5-11-9-13-7-3-6-12(13)8-10(11)4-1/h1,3-4,6-7,13H,2,5,8H2. The summed E-state index contributed by atoms with van der Waals surface area (Å²) in [5.74, 6) is 0.505. The minimum atomic E-state index is 0.505. The summed E-state index contributed by atoms with van der Waals surface area (Å²) in [4.78, 5) is 0. The lowest BCUT2D eigenvalue weighted by Gasteiger charge is -2.26. The molecule has 0 aromatic rings. The van der Waals surface area contributed by atoms with Crippen molar-refractivity contribution in [2.24, 2.45) is 5.92 Å². The van der Waals surface area contributed by atoms with Crippen molar-refractivity contribution in [2.45, 2.75) is 19.3 Å². The molecule has 2 radical (unpaired) electrons. The van der Waals surface area contributed by atoms with Gasteiger partial charge in [-0.25, -0.2) is 0 Å². The molecule has 0 fully saturated rings. The molecule has 0 amide bonds. The van der Waals surface area contributed by atoms with E-state index in [0.29, 0.717) is 5.92 Å². The average Bonchev–Trinajstić information content (AvgIpc) is 2.61. The van der Waals surface area contributed by atoms with Gasteiger partial charge in [-0.3, -0.25) is 0 Å². The molecule has 3 rings (SSSR count). The first-order chi connectivity index (χ1) is 6.43. The molecule has 0 spiro atoms. The number of hydrogen-bond acceptors (Lipinski definition) is 0. The predicted molar refractivity (Wildman–Crippen MR) is 54.0 cm³/mol. The summed E-state index contributed by atoms with van der Waals surface area (Å²) < 4.78 is 0. The van der Waals surface area contributed by atoms with Crippen LogP contribution in [-0.4, -0.2) is 0 Å². The van der Waals surface area contributed by atoms with Gasteiger partial charge in [0.25, 0.3) is 0 Å². The Kier molecular flexibility index (Phi) is 1.55. The molecule has 0 aromatic heterocycles. The lowest BCUT2D eigenvalue weighted by Crippen LogP contribution is -2.11. The summed E-state index contributed by atoms with van der Waals surface area (Å²) in [7, 11) is 0. The van der Waals surface area contributed by atoms with Crippen LogP contribution >= 0.6 is 0 Å². The zero-order valence-corrected chi connectivity index (χ0v) is 7.59. The van der Waals surface area contributed by atoms with Crippen LogP contribution in [0.5, 0.6) is 0 Å². The van der Waals surface area contributed by atoms with Crippen LogP contribution in [0.1, 0.15) is 19.3 Å². The lowest BCUT2D eigenvalue weighted by molar-refractivity contribution is 0.775. The van der Waals surface area contributed by atoms with E-state index >= 15 is 0 Å². The van der Waals surface area contributed by atoms with Crippen LogP contribution in [0, 0.1) is 12.3 Å². The molecule has 0 heterocycles. The Morgan fingerprint density at radius 2 is 2.38 bits per heavy atom. The van der Waals surface area contributed by atoms with Crippen molar-refractivity contribution in [1.29, 1.82) is 0 Å². The summed E-state index contributed by atoms with van der Waals surface area (Å²) in [6.07, 6.45) is 18.3. The Hall–Kier alpha value is -1.04. The fourth-order valence-electron chi connectivity index (χ4n) is 2.28. The second-order valence-electron chi connectivity index (χ2n) is 3.87. The van der Waals surface area contributed by atoms with E-state index in [4.69, 9.17) is 0 Å². The van der Waals surface area contributed by atoms with Crippen LogP contribution in [0.2, 0.25) is 0 Å². The van der Waals surface area contributed by atoms with Crippen molar-refractivity contribution in [3.05, 3.63) is 53.5 Å². The van der Waals surface area contributed by atoms with E-state index in [9.17, 15) is 0 Å². The zero-order valence-electron chi connectivity index (χ0n) is 7.59. The highest BCUT2D eigenvalue weighted by Gasteiger charge is 2.25. The van der Waals surface area contributed by atoms with Crippen LogP contribution in [0.4, 0.5) is 0 Å². The van der Waals surface area contributed by atoms with E-state index in [2.05, 4.69) is 36.8 Å². The first kappa shape index (κ1) is 7.37. The Bertz CT molecular complexity index is 350. The molecule has 0 bridgehead atoms. The molecule has 3 aliphatic carbocycles. The molecule has 0 N–H and O–H groups in total.